The van der Waals surface area contributed by atoms with Crippen molar-refractivity contribution >= 4 is 29.4 Å². The third kappa shape index (κ3) is 3.72. The molecule has 0 spiro atoms. The van der Waals surface area contributed by atoms with Crippen molar-refractivity contribution in [1.29, 1.82) is 0 Å². The van der Waals surface area contributed by atoms with Gasteiger partial charge in [0.05, 0.1) is 18.5 Å². The average molecular weight is 320 g/mol. The van der Waals surface area contributed by atoms with Gasteiger partial charge in [-0.3, -0.25) is 4.79 Å². The second-order valence-electron chi connectivity index (χ2n) is 5.31. The van der Waals surface area contributed by atoms with Crippen molar-refractivity contribution in [2.75, 3.05) is 12.4 Å². The van der Waals surface area contributed by atoms with E-state index in [0.29, 0.717) is 11.8 Å². The largest absolute Gasteiger partial charge is 0.507 e. The van der Waals surface area contributed by atoms with Crippen molar-refractivity contribution in [3.05, 3.63) is 42.0 Å². The lowest BCUT2D eigenvalue weighted by Crippen LogP contribution is -2.14. The Morgan fingerprint density at radius 1 is 1.23 bits per heavy atom. The molecule has 2 N–H and O–H groups in total. The number of phenols is 1. The summed E-state index contributed by atoms with van der Waals surface area (Å²) < 4.78 is 4.99. The van der Waals surface area contributed by atoms with Crippen molar-refractivity contribution < 1.29 is 19.7 Å². The number of carbonyl (C=O) groups excluding carboxylic acids is 1. The van der Waals surface area contributed by atoms with E-state index >= 15 is 0 Å². The third-order valence-corrected chi connectivity index (χ3v) is 4.02. The van der Waals surface area contributed by atoms with Crippen LogP contribution < -0.4 is 0 Å². The summed E-state index contributed by atoms with van der Waals surface area (Å²) in [5, 5.41) is 22.0. The van der Waals surface area contributed by atoms with Gasteiger partial charge in [-0.15, -0.1) is 0 Å². The van der Waals surface area contributed by atoms with Crippen LogP contribution in [-0.4, -0.2) is 28.5 Å². The molecule has 2 rings (SSSR count). The fourth-order valence-electron chi connectivity index (χ4n) is 2.43. The van der Waals surface area contributed by atoms with Crippen molar-refractivity contribution in [3.8, 4) is 5.75 Å². The zero-order chi connectivity index (χ0) is 16.1. The topological polar surface area (TPSA) is 66.8 Å². The molecule has 0 aliphatic heterocycles. The quantitative estimate of drug-likeness (QED) is 0.565. The molecule has 0 bridgehead atoms. The Hall–Kier alpha value is -1.72. The lowest BCUT2D eigenvalue weighted by Gasteiger charge is -2.21. The Morgan fingerprint density at radius 3 is 2.59 bits per heavy atom. The van der Waals surface area contributed by atoms with E-state index in [-0.39, 0.29) is 30.0 Å². The third-order valence-electron chi connectivity index (χ3n) is 3.76. The molecule has 5 heteroatoms. The fraction of sp³-hybridized carbons (Fsp3) is 0.353. The molecule has 2 atom stereocenters. The van der Waals surface area contributed by atoms with E-state index in [2.05, 4.69) is 12.6 Å². The maximum Gasteiger partial charge on any atom is 0.315 e. The fourth-order valence-corrected chi connectivity index (χ4v) is 2.52. The first-order chi connectivity index (χ1) is 10.5. The van der Waals surface area contributed by atoms with Crippen molar-refractivity contribution in [2.45, 2.75) is 19.4 Å². The van der Waals surface area contributed by atoms with Crippen LogP contribution >= 0.6 is 12.6 Å². The van der Waals surface area contributed by atoms with E-state index in [1.165, 1.54) is 0 Å². The lowest BCUT2D eigenvalue weighted by atomic mass is 9.91. The monoisotopic (exact) mass is 320 g/mol. The summed E-state index contributed by atoms with van der Waals surface area (Å²) in [6, 6.07) is 10.7. The van der Waals surface area contributed by atoms with Gasteiger partial charge in [0.25, 0.3) is 0 Å². The smallest absolute Gasteiger partial charge is 0.315 e. The number of hydrogen-bond acceptors (Lipinski definition) is 5. The highest BCUT2D eigenvalue weighted by atomic mass is 32.1. The molecule has 0 aliphatic rings. The van der Waals surface area contributed by atoms with Crippen LogP contribution in [0.4, 0.5) is 0 Å². The van der Waals surface area contributed by atoms with Crippen LogP contribution in [0.2, 0.25) is 0 Å². The molecule has 0 radical (unpaired) electrons. The minimum atomic E-state index is -0.694. The number of esters is 1. The van der Waals surface area contributed by atoms with Gasteiger partial charge in [0, 0.05) is 5.39 Å². The standard InChI is InChI=1S/C17H20O4S/c1-11(8-9-21-16(19)10-22)17(20)14-6-7-15(18)13-5-3-2-4-12(13)14/h2-7,11,17-18,20,22H,8-10H2,1H3/t11-,17-/m0/s1. The van der Waals surface area contributed by atoms with Crippen LogP contribution in [0.25, 0.3) is 10.8 Å². The molecule has 0 saturated heterocycles. The van der Waals surface area contributed by atoms with Gasteiger partial charge in [0.15, 0.2) is 0 Å². The number of thiol groups is 1. The molecule has 118 valence electrons. The molecular formula is C17H20O4S. The summed E-state index contributed by atoms with van der Waals surface area (Å²) in [5.41, 5.74) is 0.765. The molecule has 22 heavy (non-hydrogen) atoms. The van der Waals surface area contributed by atoms with Gasteiger partial charge in [0.2, 0.25) is 0 Å². The SMILES string of the molecule is C[C@@H](CCOC(=O)CS)[C@H](O)c1ccc(O)c2ccccc12. The molecule has 0 aliphatic carbocycles. The Kier molecular flexibility index (Phi) is 5.69. The number of carbonyl (C=O) groups is 1. The Morgan fingerprint density at radius 2 is 1.91 bits per heavy atom. The lowest BCUT2D eigenvalue weighted by molar-refractivity contribution is -0.141. The van der Waals surface area contributed by atoms with Gasteiger partial charge in [-0.1, -0.05) is 37.3 Å². The summed E-state index contributed by atoms with van der Waals surface area (Å²) in [7, 11) is 0. The van der Waals surface area contributed by atoms with Crippen LogP contribution in [0.5, 0.6) is 5.75 Å². The van der Waals surface area contributed by atoms with E-state index in [9.17, 15) is 15.0 Å². The summed E-state index contributed by atoms with van der Waals surface area (Å²) in [6.45, 7) is 2.16. The summed E-state index contributed by atoms with van der Waals surface area (Å²) in [4.78, 5) is 11.1. The number of aliphatic hydroxyl groups is 1. The maximum atomic E-state index is 11.1. The molecule has 0 aromatic heterocycles. The first-order valence-corrected chi connectivity index (χ1v) is 7.83. The van der Waals surface area contributed by atoms with Gasteiger partial charge < -0.3 is 14.9 Å². The predicted octanol–water partition coefficient (Wildman–Crippen LogP) is 3.08. The molecule has 2 aromatic rings. The number of ether oxygens (including phenoxy) is 1. The number of hydrogen-bond donors (Lipinski definition) is 3. The normalized spacial score (nSPS) is 13.8. The van der Waals surface area contributed by atoms with Crippen LogP contribution in [-0.2, 0) is 9.53 Å². The summed E-state index contributed by atoms with van der Waals surface area (Å²) in [5.74, 6) is -0.192. The van der Waals surface area contributed by atoms with Crippen molar-refractivity contribution in [2.24, 2.45) is 5.92 Å². The Bertz CT molecular complexity index is 656. The minimum Gasteiger partial charge on any atom is -0.507 e. The Labute approximate surface area is 135 Å². The van der Waals surface area contributed by atoms with E-state index < -0.39 is 6.10 Å². The molecule has 4 nitrogen and oxygen atoms in total. The van der Waals surface area contributed by atoms with E-state index in [4.69, 9.17) is 4.74 Å². The highest BCUT2D eigenvalue weighted by molar-refractivity contribution is 7.81. The van der Waals surface area contributed by atoms with Gasteiger partial charge in [0.1, 0.15) is 5.75 Å². The predicted molar refractivity (Wildman–Crippen MR) is 89.2 cm³/mol. The molecule has 0 unspecified atom stereocenters. The second-order valence-corrected chi connectivity index (χ2v) is 5.63. The van der Waals surface area contributed by atoms with Gasteiger partial charge in [-0.05, 0) is 29.4 Å². The van der Waals surface area contributed by atoms with E-state index in [0.717, 1.165) is 10.9 Å². The molecule has 2 aromatic carbocycles. The first kappa shape index (κ1) is 16.6. The summed E-state index contributed by atoms with van der Waals surface area (Å²) >= 11 is 3.84. The highest BCUT2D eigenvalue weighted by Gasteiger charge is 2.19. The number of benzene rings is 2. The second kappa shape index (κ2) is 7.51. The molecule has 0 fully saturated rings. The van der Waals surface area contributed by atoms with Gasteiger partial charge >= 0.3 is 5.97 Å². The Balaban J connectivity index is 2.14. The number of aromatic hydroxyl groups is 1. The minimum absolute atomic E-state index is 0.0551. The number of rotatable bonds is 6. The van der Waals surface area contributed by atoms with E-state index in [1.807, 2.05) is 31.2 Å². The van der Waals surface area contributed by atoms with Crippen LogP contribution in [0.3, 0.4) is 0 Å². The van der Waals surface area contributed by atoms with Crippen LogP contribution in [0.15, 0.2) is 36.4 Å². The van der Waals surface area contributed by atoms with Crippen molar-refractivity contribution in [3.63, 3.8) is 0 Å². The molecule has 0 amide bonds. The number of phenolic OH excluding ortho intramolecular Hbond substituents is 1. The zero-order valence-corrected chi connectivity index (χ0v) is 13.3. The van der Waals surface area contributed by atoms with Crippen LogP contribution in [0, 0.1) is 5.92 Å². The number of fused-ring (bicyclic) bond motifs is 1. The molecular weight excluding hydrogens is 300 g/mol. The zero-order valence-electron chi connectivity index (χ0n) is 12.4. The van der Waals surface area contributed by atoms with E-state index in [1.54, 1.807) is 12.1 Å². The average Bonchev–Trinajstić information content (AvgIpc) is 2.54. The van der Waals surface area contributed by atoms with Crippen LogP contribution in [0.1, 0.15) is 25.0 Å². The molecule has 0 saturated carbocycles. The highest BCUT2D eigenvalue weighted by Crippen LogP contribution is 2.34. The number of aliphatic hydroxyl groups excluding tert-OH is 1. The first-order valence-electron chi connectivity index (χ1n) is 7.19. The van der Waals surface area contributed by atoms with Gasteiger partial charge in [-0.2, -0.15) is 12.6 Å². The summed E-state index contributed by atoms with van der Waals surface area (Å²) in [6.07, 6.45) is -0.143. The molecule has 0 heterocycles. The maximum absolute atomic E-state index is 11.1. The van der Waals surface area contributed by atoms with Gasteiger partial charge in [-0.25, -0.2) is 0 Å². The van der Waals surface area contributed by atoms with Crippen molar-refractivity contribution in [1.82, 2.24) is 0 Å².